The van der Waals surface area contributed by atoms with Crippen LogP contribution in [0.5, 0.6) is 0 Å². The Bertz CT molecular complexity index is 284. The highest BCUT2D eigenvalue weighted by Gasteiger charge is 2.31. The van der Waals surface area contributed by atoms with Gasteiger partial charge in [0, 0.05) is 31.6 Å². The molecular formula is C14H28N2O3. The Morgan fingerprint density at radius 2 is 2.11 bits per heavy atom. The van der Waals surface area contributed by atoms with Gasteiger partial charge in [0.25, 0.3) is 0 Å². The second-order valence-electron chi connectivity index (χ2n) is 5.81. The Labute approximate surface area is 116 Å². The third-order valence-corrected chi connectivity index (χ3v) is 3.81. The molecule has 0 aromatic carbocycles. The van der Waals surface area contributed by atoms with Crippen molar-refractivity contribution in [3.8, 4) is 0 Å². The second kappa shape index (κ2) is 7.82. The van der Waals surface area contributed by atoms with E-state index in [0.29, 0.717) is 6.54 Å². The smallest absolute Gasteiger partial charge is 0.222 e. The summed E-state index contributed by atoms with van der Waals surface area (Å²) in [6.45, 7) is 7.98. The molecule has 1 aliphatic rings. The van der Waals surface area contributed by atoms with Gasteiger partial charge >= 0.3 is 0 Å². The van der Waals surface area contributed by atoms with Gasteiger partial charge in [0.15, 0.2) is 0 Å². The van der Waals surface area contributed by atoms with Crippen molar-refractivity contribution in [2.75, 3.05) is 26.2 Å². The van der Waals surface area contributed by atoms with Crippen LogP contribution < -0.4 is 5.32 Å². The van der Waals surface area contributed by atoms with Gasteiger partial charge in [-0.3, -0.25) is 9.69 Å². The minimum atomic E-state index is -0.333. The van der Waals surface area contributed by atoms with Crippen LogP contribution in [0.3, 0.4) is 0 Å². The molecule has 0 spiro atoms. The summed E-state index contributed by atoms with van der Waals surface area (Å²) in [4.78, 5) is 13.9. The Morgan fingerprint density at radius 3 is 2.63 bits per heavy atom. The Hall–Kier alpha value is -0.650. The van der Waals surface area contributed by atoms with Crippen LogP contribution in [0, 0.1) is 11.8 Å². The number of carbonyl (C=O) groups excluding carboxylic acids is 1. The highest BCUT2D eigenvalue weighted by Crippen LogP contribution is 2.22. The molecule has 3 atom stereocenters. The summed E-state index contributed by atoms with van der Waals surface area (Å²) in [6.07, 6.45) is 1.21. The van der Waals surface area contributed by atoms with Gasteiger partial charge in [-0.1, -0.05) is 20.8 Å². The first-order chi connectivity index (χ1) is 8.97. The third kappa shape index (κ3) is 5.09. The first-order valence-electron chi connectivity index (χ1n) is 7.29. The first-order valence-corrected chi connectivity index (χ1v) is 7.29. The lowest BCUT2D eigenvalue weighted by atomic mass is 9.88. The quantitative estimate of drug-likeness (QED) is 0.646. The van der Waals surface area contributed by atoms with Gasteiger partial charge in [0.05, 0.1) is 12.7 Å². The molecule has 5 nitrogen and oxygen atoms in total. The molecule has 1 saturated heterocycles. The van der Waals surface area contributed by atoms with Crippen molar-refractivity contribution in [1.29, 1.82) is 0 Å². The van der Waals surface area contributed by atoms with Gasteiger partial charge in [-0.2, -0.15) is 0 Å². The molecule has 0 bridgehead atoms. The van der Waals surface area contributed by atoms with Crippen molar-refractivity contribution in [1.82, 2.24) is 10.2 Å². The molecular weight excluding hydrogens is 244 g/mol. The molecule has 0 aromatic rings. The fourth-order valence-electron chi connectivity index (χ4n) is 2.64. The molecule has 19 heavy (non-hydrogen) atoms. The maximum atomic E-state index is 11.8. The molecule has 1 rings (SSSR count). The van der Waals surface area contributed by atoms with Crippen LogP contribution in [-0.2, 0) is 4.79 Å². The fraction of sp³-hybridized carbons (Fsp3) is 0.929. The standard InChI is InChI=1S/C14H28N2O3/c1-4-13(18)11-7-12(15-14(19)10(2)3)9-16(8-11)5-6-17/h10-13,17-18H,4-9H2,1-3H3,(H,15,19). The predicted molar refractivity (Wildman–Crippen MR) is 74.7 cm³/mol. The number of aliphatic hydroxyl groups excluding tert-OH is 2. The van der Waals surface area contributed by atoms with E-state index >= 15 is 0 Å². The van der Waals surface area contributed by atoms with Gasteiger partial charge < -0.3 is 15.5 Å². The summed E-state index contributed by atoms with van der Waals surface area (Å²) in [5, 5.41) is 22.1. The van der Waals surface area contributed by atoms with E-state index in [1.807, 2.05) is 20.8 Å². The summed E-state index contributed by atoms with van der Waals surface area (Å²) in [5.41, 5.74) is 0. The summed E-state index contributed by atoms with van der Waals surface area (Å²) in [6, 6.07) is 0.0707. The number of piperidine rings is 1. The van der Waals surface area contributed by atoms with Gasteiger partial charge in [0.2, 0.25) is 5.91 Å². The molecule has 1 amide bonds. The van der Waals surface area contributed by atoms with Gasteiger partial charge in [0.1, 0.15) is 0 Å². The first kappa shape index (κ1) is 16.4. The SMILES string of the molecule is CCC(O)C1CC(NC(=O)C(C)C)CN(CCO)C1. The lowest BCUT2D eigenvalue weighted by molar-refractivity contribution is -0.125. The normalized spacial score (nSPS) is 26.4. The summed E-state index contributed by atoms with van der Waals surface area (Å²) < 4.78 is 0. The molecule has 0 aliphatic carbocycles. The highest BCUT2D eigenvalue weighted by atomic mass is 16.3. The van der Waals surface area contributed by atoms with E-state index in [4.69, 9.17) is 5.11 Å². The molecule has 1 heterocycles. The van der Waals surface area contributed by atoms with Crippen LogP contribution in [0.4, 0.5) is 0 Å². The number of hydrogen-bond acceptors (Lipinski definition) is 4. The van der Waals surface area contributed by atoms with E-state index < -0.39 is 0 Å². The number of rotatable bonds is 6. The zero-order chi connectivity index (χ0) is 14.4. The minimum Gasteiger partial charge on any atom is -0.395 e. The molecule has 3 N–H and O–H groups in total. The van der Waals surface area contributed by atoms with Crippen LogP contribution in [0.2, 0.25) is 0 Å². The average Bonchev–Trinajstić information content (AvgIpc) is 2.37. The number of nitrogens with zero attached hydrogens (tertiary/aromatic N) is 1. The highest BCUT2D eigenvalue weighted by molar-refractivity contribution is 5.78. The van der Waals surface area contributed by atoms with Crippen LogP contribution in [0.1, 0.15) is 33.6 Å². The van der Waals surface area contributed by atoms with E-state index in [9.17, 15) is 9.90 Å². The second-order valence-corrected chi connectivity index (χ2v) is 5.81. The Balaban J connectivity index is 2.61. The monoisotopic (exact) mass is 272 g/mol. The third-order valence-electron chi connectivity index (χ3n) is 3.81. The number of hydrogen-bond donors (Lipinski definition) is 3. The zero-order valence-electron chi connectivity index (χ0n) is 12.3. The topological polar surface area (TPSA) is 72.8 Å². The van der Waals surface area contributed by atoms with Crippen molar-refractivity contribution < 1.29 is 15.0 Å². The minimum absolute atomic E-state index is 0.0252. The zero-order valence-corrected chi connectivity index (χ0v) is 12.3. The summed E-state index contributed by atoms with van der Waals surface area (Å²) in [7, 11) is 0. The van der Waals surface area contributed by atoms with Crippen molar-refractivity contribution in [2.45, 2.75) is 45.8 Å². The molecule has 5 heteroatoms. The van der Waals surface area contributed by atoms with E-state index in [0.717, 1.165) is 25.9 Å². The molecule has 1 fully saturated rings. The Morgan fingerprint density at radius 1 is 1.42 bits per heavy atom. The van der Waals surface area contributed by atoms with Crippen LogP contribution in [0.25, 0.3) is 0 Å². The van der Waals surface area contributed by atoms with Crippen LogP contribution >= 0.6 is 0 Å². The summed E-state index contributed by atoms with van der Waals surface area (Å²) >= 11 is 0. The Kier molecular flexibility index (Phi) is 6.75. The molecule has 0 saturated carbocycles. The summed E-state index contributed by atoms with van der Waals surface area (Å²) in [5.74, 6) is 0.200. The molecule has 3 unspecified atom stereocenters. The van der Waals surface area contributed by atoms with Crippen LogP contribution in [0.15, 0.2) is 0 Å². The van der Waals surface area contributed by atoms with Gasteiger partial charge in [-0.25, -0.2) is 0 Å². The average molecular weight is 272 g/mol. The van der Waals surface area contributed by atoms with E-state index in [-0.39, 0.29) is 36.5 Å². The molecule has 112 valence electrons. The van der Waals surface area contributed by atoms with Crippen molar-refractivity contribution in [3.05, 3.63) is 0 Å². The maximum absolute atomic E-state index is 11.8. The van der Waals surface area contributed by atoms with Crippen molar-refractivity contribution in [3.63, 3.8) is 0 Å². The van der Waals surface area contributed by atoms with Gasteiger partial charge in [-0.05, 0) is 18.8 Å². The number of amides is 1. The maximum Gasteiger partial charge on any atom is 0.222 e. The number of aliphatic hydroxyl groups is 2. The molecule has 0 radical (unpaired) electrons. The predicted octanol–water partition coefficient (Wildman–Crippen LogP) is 0.212. The molecule has 0 aromatic heterocycles. The van der Waals surface area contributed by atoms with Crippen LogP contribution in [-0.4, -0.2) is 59.4 Å². The van der Waals surface area contributed by atoms with Crippen molar-refractivity contribution >= 4 is 5.91 Å². The lowest BCUT2D eigenvalue weighted by Crippen LogP contribution is -2.54. The van der Waals surface area contributed by atoms with E-state index in [1.54, 1.807) is 0 Å². The lowest BCUT2D eigenvalue weighted by Gasteiger charge is -2.39. The van der Waals surface area contributed by atoms with Crippen molar-refractivity contribution in [2.24, 2.45) is 11.8 Å². The number of carbonyl (C=O) groups is 1. The van der Waals surface area contributed by atoms with Gasteiger partial charge in [-0.15, -0.1) is 0 Å². The molecule has 1 aliphatic heterocycles. The number of β-amino-alcohol motifs (C(OH)–C–C–N with tert-alkyl or cyclic N) is 1. The fourth-order valence-corrected chi connectivity index (χ4v) is 2.64. The van der Waals surface area contributed by atoms with E-state index in [1.165, 1.54) is 0 Å². The number of likely N-dealkylation sites (tertiary alicyclic amines) is 1. The number of nitrogens with one attached hydrogen (secondary N) is 1. The van der Waals surface area contributed by atoms with E-state index in [2.05, 4.69) is 10.2 Å². The largest absolute Gasteiger partial charge is 0.395 e.